The maximum absolute atomic E-state index is 11.3. The molecule has 3 heteroatoms. The smallest absolute Gasteiger partial charge is 0.306 e. The molecule has 0 spiro atoms. The van der Waals surface area contributed by atoms with Crippen molar-refractivity contribution >= 4 is 16.9 Å². The molecule has 112 valence electrons. The molecule has 1 atom stereocenters. The Labute approximate surface area is 125 Å². The van der Waals surface area contributed by atoms with Gasteiger partial charge in [0, 0.05) is 23.1 Å². The van der Waals surface area contributed by atoms with Crippen LogP contribution in [0.2, 0.25) is 0 Å². The fourth-order valence-electron chi connectivity index (χ4n) is 3.59. The highest BCUT2D eigenvalue weighted by atomic mass is 16.4. The summed E-state index contributed by atoms with van der Waals surface area (Å²) < 4.78 is 2.43. The maximum Gasteiger partial charge on any atom is 0.306 e. The highest BCUT2D eigenvalue weighted by Gasteiger charge is 2.29. The van der Waals surface area contributed by atoms with Gasteiger partial charge >= 0.3 is 5.97 Å². The number of carboxylic acid groups (broad SMARTS) is 1. The lowest BCUT2D eigenvalue weighted by Gasteiger charge is -2.21. The number of hydrogen-bond acceptors (Lipinski definition) is 1. The van der Waals surface area contributed by atoms with Gasteiger partial charge in [0.2, 0.25) is 0 Å². The van der Waals surface area contributed by atoms with Crippen molar-refractivity contribution < 1.29 is 9.90 Å². The minimum Gasteiger partial charge on any atom is -0.481 e. The van der Waals surface area contributed by atoms with Crippen molar-refractivity contribution in [1.29, 1.82) is 0 Å². The minimum absolute atomic E-state index is 0.222. The number of rotatable bonds is 3. The number of aryl methyl sites for hydroxylation is 3. The molecule has 2 aromatic rings. The standard InChI is InChI=1S/C18H23NO2/c1-4-7-19-16-6-5-13(18(20)21)10-15(16)14-8-11(2)12(3)9-17(14)19/h8-9,13H,4-7,10H2,1-3H3,(H,20,21). The van der Waals surface area contributed by atoms with Gasteiger partial charge < -0.3 is 9.67 Å². The molecule has 1 heterocycles. The highest BCUT2D eigenvalue weighted by molar-refractivity contribution is 5.88. The van der Waals surface area contributed by atoms with E-state index in [0.717, 1.165) is 25.8 Å². The molecule has 3 rings (SSSR count). The molecular weight excluding hydrogens is 262 g/mol. The lowest BCUT2D eigenvalue weighted by atomic mass is 9.86. The summed E-state index contributed by atoms with van der Waals surface area (Å²) in [7, 11) is 0. The Hall–Kier alpha value is -1.77. The van der Waals surface area contributed by atoms with E-state index in [4.69, 9.17) is 0 Å². The van der Waals surface area contributed by atoms with Crippen molar-refractivity contribution in [2.75, 3.05) is 0 Å². The predicted octanol–water partition coefficient (Wildman–Crippen LogP) is 3.86. The Balaban J connectivity index is 2.22. The van der Waals surface area contributed by atoms with E-state index in [0.29, 0.717) is 6.42 Å². The van der Waals surface area contributed by atoms with E-state index >= 15 is 0 Å². The first kappa shape index (κ1) is 14.2. The average molecular weight is 285 g/mol. The van der Waals surface area contributed by atoms with Crippen LogP contribution in [0.1, 0.15) is 42.1 Å². The van der Waals surface area contributed by atoms with Gasteiger partial charge in [-0.2, -0.15) is 0 Å². The van der Waals surface area contributed by atoms with Gasteiger partial charge in [0.25, 0.3) is 0 Å². The summed E-state index contributed by atoms with van der Waals surface area (Å²) in [6, 6.07) is 4.52. The van der Waals surface area contributed by atoms with Gasteiger partial charge in [-0.25, -0.2) is 0 Å². The first-order valence-electron chi connectivity index (χ1n) is 7.87. The summed E-state index contributed by atoms with van der Waals surface area (Å²) in [5, 5.41) is 10.6. The fourth-order valence-corrected chi connectivity index (χ4v) is 3.59. The molecule has 1 N–H and O–H groups in total. The van der Waals surface area contributed by atoms with E-state index < -0.39 is 5.97 Å². The number of fused-ring (bicyclic) bond motifs is 3. The van der Waals surface area contributed by atoms with Gasteiger partial charge in [0.1, 0.15) is 0 Å². The molecule has 21 heavy (non-hydrogen) atoms. The topological polar surface area (TPSA) is 42.2 Å². The third-order valence-corrected chi connectivity index (χ3v) is 4.88. The molecule has 1 aliphatic rings. The van der Waals surface area contributed by atoms with Crippen molar-refractivity contribution in [2.45, 2.75) is 53.0 Å². The first-order valence-corrected chi connectivity index (χ1v) is 7.87. The molecular formula is C18H23NO2. The number of benzene rings is 1. The van der Waals surface area contributed by atoms with Crippen LogP contribution in [0.5, 0.6) is 0 Å². The van der Waals surface area contributed by atoms with Crippen LogP contribution in [0.15, 0.2) is 12.1 Å². The van der Waals surface area contributed by atoms with Gasteiger partial charge in [-0.1, -0.05) is 6.92 Å². The Morgan fingerprint density at radius 3 is 2.71 bits per heavy atom. The number of carboxylic acids is 1. The molecule has 1 aromatic heterocycles. The molecule has 3 nitrogen and oxygen atoms in total. The van der Waals surface area contributed by atoms with Gasteiger partial charge in [-0.05, 0) is 68.4 Å². The summed E-state index contributed by atoms with van der Waals surface area (Å²) in [5.41, 5.74) is 6.53. The monoisotopic (exact) mass is 285 g/mol. The van der Waals surface area contributed by atoms with Crippen molar-refractivity contribution in [3.8, 4) is 0 Å². The Bertz CT molecular complexity index is 712. The number of aliphatic carboxylic acids is 1. The molecule has 0 radical (unpaired) electrons. The summed E-state index contributed by atoms with van der Waals surface area (Å²) in [6.45, 7) is 7.50. The van der Waals surface area contributed by atoms with Crippen LogP contribution in [0.3, 0.4) is 0 Å². The SMILES string of the molecule is CCCn1c2c(c3cc(C)c(C)cc31)CC(C(=O)O)CC2. The molecule has 0 amide bonds. The zero-order chi connectivity index (χ0) is 15.1. The third-order valence-electron chi connectivity index (χ3n) is 4.88. The number of aromatic nitrogens is 1. The minimum atomic E-state index is -0.652. The number of hydrogen-bond donors (Lipinski definition) is 1. The van der Waals surface area contributed by atoms with Crippen LogP contribution < -0.4 is 0 Å². The molecule has 0 saturated carbocycles. The van der Waals surface area contributed by atoms with Gasteiger partial charge in [-0.15, -0.1) is 0 Å². The molecule has 1 unspecified atom stereocenters. The van der Waals surface area contributed by atoms with Crippen molar-refractivity contribution in [2.24, 2.45) is 5.92 Å². The highest BCUT2D eigenvalue weighted by Crippen LogP contribution is 2.36. The Kier molecular flexibility index (Phi) is 3.52. The van der Waals surface area contributed by atoms with Gasteiger partial charge in [0.15, 0.2) is 0 Å². The lowest BCUT2D eigenvalue weighted by molar-refractivity contribution is -0.142. The van der Waals surface area contributed by atoms with Crippen molar-refractivity contribution in [3.05, 3.63) is 34.5 Å². The third kappa shape index (κ3) is 2.25. The zero-order valence-corrected chi connectivity index (χ0v) is 13.1. The predicted molar refractivity (Wildman–Crippen MR) is 84.9 cm³/mol. The second-order valence-electron chi connectivity index (χ2n) is 6.31. The molecule has 0 bridgehead atoms. The fraction of sp³-hybridized carbons (Fsp3) is 0.500. The van der Waals surface area contributed by atoms with Crippen LogP contribution in [0.25, 0.3) is 10.9 Å². The summed E-state index contributed by atoms with van der Waals surface area (Å²) in [6.07, 6.45) is 3.44. The molecule has 1 aliphatic carbocycles. The Morgan fingerprint density at radius 2 is 2.05 bits per heavy atom. The van der Waals surface area contributed by atoms with Gasteiger partial charge in [-0.3, -0.25) is 4.79 Å². The average Bonchev–Trinajstić information content (AvgIpc) is 2.73. The quantitative estimate of drug-likeness (QED) is 0.930. The Morgan fingerprint density at radius 1 is 1.33 bits per heavy atom. The zero-order valence-electron chi connectivity index (χ0n) is 13.1. The molecule has 1 aromatic carbocycles. The number of carbonyl (C=O) groups is 1. The van der Waals surface area contributed by atoms with Crippen LogP contribution in [0.4, 0.5) is 0 Å². The van der Waals surface area contributed by atoms with Crippen molar-refractivity contribution in [3.63, 3.8) is 0 Å². The second kappa shape index (κ2) is 5.21. The van der Waals surface area contributed by atoms with Crippen LogP contribution >= 0.6 is 0 Å². The van der Waals surface area contributed by atoms with Crippen molar-refractivity contribution in [1.82, 2.24) is 4.57 Å². The van der Waals surface area contributed by atoms with Crippen LogP contribution in [0, 0.1) is 19.8 Å². The number of nitrogens with zero attached hydrogens (tertiary/aromatic N) is 1. The van der Waals surface area contributed by atoms with E-state index in [1.165, 1.54) is 33.3 Å². The molecule has 0 aliphatic heterocycles. The summed E-state index contributed by atoms with van der Waals surface area (Å²) in [5.74, 6) is -0.874. The largest absolute Gasteiger partial charge is 0.481 e. The van der Waals surface area contributed by atoms with E-state index in [9.17, 15) is 9.90 Å². The molecule has 0 fully saturated rings. The molecule has 0 saturated heterocycles. The van der Waals surface area contributed by atoms with E-state index in [1.807, 2.05) is 0 Å². The maximum atomic E-state index is 11.3. The van der Waals surface area contributed by atoms with E-state index in [2.05, 4.69) is 37.5 Å². The second-order valence-corrected chi connectivity index (χ2v) is 6.31. The summed E-state index contributed by atoms with van der Waals surface area (Å²) in [4.78, 5) is 11.3. The summed E-state index contributed by atoms with van der Waals surface area (Å²) >= 11 is 0. The normalized spacial score (nSPS) is 18.0. The van der Waals surface area contributed by atoms with Crippen LogP contribution in [-0.4, -0.2) is 15.6 Å². The first-order chi connectivity index (χ1) is 10.0. The van der Waals surface area contributed by atoms with E-state index in [-0.39, 0.29) is 5.92 Å². The van der Waals surface area contributed by atoms with Crippen LogP contribution in [-0.2, 0) is 24.2 Å². The van der Waals surface area contributed by atoms with Gasteiger partial charge in [0.05, 0.1) is 5.92 Å². The lowest BCUT2D eigenvalue weighted by Crippen LogP contribution is -2.23. The van der Waals surface area contributed by atoms with E-state index in [1.54, 1.807) is 0 Å².